The molecule has 0 radical (unpaired) electrons. The molecule has 0 saturated carbocycles. The lowest BCUT2D eigenvalue weighted by molar-refractivity contribution is 0.200. The van der Waals surface area contributed by atoms with Crippen LogP contribution in [-0.4, -0.2) is 47.3 Å². The van der Waals surface area contributed by atoms with Crippen LogP contribution in [0, 0.1) is 12.8 Å². The lowest BCUT2D eigenvalue weighted by Gasteiger charge is -2.38. The van der Waals surface area contributed by atoms with Crippen molar-refractivity contribution in [2.24, 2.45) is 5.92 Å². The van der Waals surface area contributed by atoms with Crippen molar-refractivity contribution in [3.63, 3.8) is 0 Å². The second-order valence-corrected chi connectivity index (χ2v) is 8.91. The molecule has 7 heteroatoms. The molecule has 2 heterocycles. The molecule has 2 atom stereocenters. The highest BCUT2D eigenvalue weighted by molar-refractivity contribution is 7.89. The Balaban J connectivity index is 1.97. The first-order chi connectivity index (χ1) is 10.4. The first-order valence-corrected chi connectivity index (χ1v) is 9.57. The lowest BCUT2D eigenvalue weighted by Crippen LogP contribution is -2.52. The molecule has 1 aromatic rings. The summed E-state index contributed by atoms with van der Waals surface area (Å²) in [6, 6.07) is 0.359. The summed E-state index contributed by atoms with van der Waals surface area (Å²) in [5.74, 6) is 0.356. The number of piperidine rings is 1. The minimum atomic E-state index is -3.14. The second kappa shape index (κ2) is 7.10. The van der Waals surface area contributed by atoms with Crippen LogP contribution in [0.5, 0.6) is 0 Å². The Morgan fingerprint density at radius 3 is 2.77 bits per heavy atom. The van der Waals surface area contributed by atoms with E-state index >= 15 is 0 Å². The van der Waals surface area contributed by atoms with Crippen LogP contribution in [0.15, 0.2) is 6.20 Å². The zero-order valence-corrected chi connectivity index (χ0v) is 14.8. The summed E-state index contributed by atoms with van der Waals surface area (Å²) in [6.45, 7) is 9.66. The Morgan fingerprint density at radius 1 is 1.50 bits per heavy atom. The minimum absolute atomic E-state index is 0.344. The van der Waals surface area contributed by atoms with Gasteiger partial charge in [-0.1, -0.05) is 13.3 Å². The molecule has 2 N–H and O–H groups in total. The number of aryl methyl sites for hydroxylation is 1. The number of aromatic amines is 1. The predicted octanol–water partition coefficient (Wildman–Crippen LogP) is 1.65. The smallest absolute Gasteiger partial charge is 0.216 e. The van der Waals surface area contributed by atoms with Crippen molar-refractivity contribution in [2.45, 2.75) is 58.4 Å². The molecular formula is C15H28N4O2S. The first-order valence-electron chi connectivity index (χ1n) is 8.07. The maximum absolute atomic E-state index is 12.3. The zero-order valence-electron chi connectivity index (χ0n) is 14.0. The molecule has 22 heavy (non-hydrogen) atoms. The van der Waals surface area contributed by atoms with Gasteiger partial charge < -0.3 is 5.32 Å². The average molecular weight is 328 g/mol. The Morgan fingerprint density at radius 2 is 2.23 bits per heavy atom. The topological polar surface area (TPSA) is 78.1 Å². The van der Waals surface area contributed by atoms with Gasteiger partial charge >= 0.3 is 0 Å². The number of hydrogen-bond acceptors (Lipinski definition) is 4. The molecule has 6 nitrogen and oxygen atoms in total. The average Bonchev–Trinajstić information content (AvgIpc) is 2.90. The summed E-state index contributed by atoms with van der Waals surface area (Å²) in [5.41, 5.74) is 2.26. The monoisotopic (exact) mass is 328 g/mol. The molecule has 1 aromatic heterocycles. The van der Waals surface area contributed by atoms with E-state index in [9.17, 15) is 8.42 Å². The van der Waals surface area contributed by atoms with Crippen LogP contribution < -0.4 is 5.32 Å². The molecule has 1 fully saturated rings. The maximum atomic E-state index is 12.3. The normalized spacial score (nSPS) is 24.0. The fraction of sp³-hybridized carbons (Fsp3) is 0.800. The molecule has 1 saturated heterocycles. The van der Waals surface area contributed by atoms with Crippen molar-refractivity contribution in [1.29, 1.82) is 0 Å². The number of hydrogen-bond donors (Lipinski definition) is 2. The first kappa shape index (κ1) is 17.4. The summed E-state index contributed by atoms with van der Waals surface area (Å²) in [5, 5.41) is 10.2. The molecule has 0 amide bonds. The Kier molecular flexibility index (Phi) is 5.63. The lowest BCUT2D eigenvalue weighted by atomic mass is 9.91. The molecular weight excluding hydrogens is 300 g/mol. The zero-order chi connectivity index (χ0) is 16.3. The van der Waals surface area contributed by atoms with Crippen molar-refractivity contribution in [1.82, 2.24) is 19.8 Å². The van der Waals surface area contributed by atoms with E-state index in [0.717, 1.165) is 25.1 Å². The molecule has 0 unspecified atom stereocenters. The van der Waals surface area contributed by atoms with Gasteiger partial charge in [0.05, 0.1) is 11.4 Å². The SMILES string of the molecule is CC[C@@H]1CN(S(=O)(=O)C(C)C)CC[C@@H]1NCc1cn[nH]c1C. The van der Waals surface area contributed by atoms with Crippen LogP contribution in [-0.2, 0) is 16.6 Å². The largest absolute Gasteiger partial charge is 0.309 e. The van der Waals surface area contributed by atoms with Crippen LogP contribution >= 0.6 is 0 Å². The van der Waals surface area contributed by atoms with Crippen molar-refractivity contribution in [3.05, 3.63) is 17.5 Å². The summed E-state index contributed by atoms with van der Waals surface area (Å²) < 4.78 is 26.3. The van der Waals surface area contributed by atoms with Gasteiger partial charge in [-0.25, -0.2) is 12.7 Å². The highest BCUT2D eigenvalue weighted by Gasteiger charge is 2.35. The Hall–Kier alpha value is -0.920. The fourth-order valence-electron chi connectivity index (χ4n) is 3.01. The van der Waals surface area contributed by atoms with Gasteiger partial charge in [0.1, 0.15) is 0 Å². The molecule has 1 aliphatic heterocycles. The molecule has 126 valence electrons. The number of sulfonamides is 1. The van der Waals surface area contributed by atoms with Gasteiger partial charge in [0.15, 0.2) is 0 Å². The van der Waals surface area contributed by atoms with Gasteiger partial charge in [-0.3, -0.25) is 5.10 Å². The minimum Gasteiger partial charge on any atom is -0.309 e. The van der Waals surface area contributed by atoms with E-state index in [2.05, 4.69) is 22.4 Å². The summed E-state index contributed by atoms with van der Waals surface area (Å²) >= 11 is 0. The van der Waals surface area contributed by atoms with Gasteiger partial charge in [0.2, 0.25) is 10.0 Å². The third-order valence-electron chi connectivity index (χ3n) is 4.67. The van der Waals surface area contributed by atoms with E-state index in [4.69, 9.17) is 0 Å². The fourth-order valence-corrected chi connectivity index (χ4v) is 4.36. The van der Waals surface area contributed by atoms with Crippen LogP contribution in [0.2, 0.25) is 0 Å². The molecule has 0 spiro atoms. The number of rotatable bonds is 6. The Labute approximate surface area is 133 Å². The van der Waals surface area contributed by atoms with Crippen LogP contribution in [0.4, 0.5) is 0 Å². The number of aromatic nitrogens is 2. The summed E-state index contributed by atoms with van der Waals surface area (Å²) in [6.07, 6.45) is 3.69. The molecule has 0 aromatic carbocycles. The summed E-state index contributed by atoms with van der Waals surface area (Å²) in [4.78, 5) is 0. The van der Waals surface area contributed by atoms with Gasteiger partial charge in [-0.2, -0.15) is 5.10 Å². The molecule has 0 bridgehead atoms. The number of H-pyrrole nitrogens is 1. The van der Waals surface area contributed by atoms with Crippen molar-refractivity contribution in [2.75, 3.05) is 13.1 Å². The van der Waals surface area contributed by atoms with Crippen molar-refractivity contribution >= 4 is 10.0 Å². The highest BCUT2D eigenvalue weighted by atomic mass is 32.2. The van der Waals surface area contributed by atoms with E-state index in [0.29, 0.717) is 25.0 Å². The number of nitrogens with one attached hydrogen (secondary N) is 2. The third kappa shape index (κ3) is 3.70. The summed E-state index contributed by atoms with van der Waals surface area (Å²) in [7, 11) is -3.14. The third-order valence-corrected chi connectivity index (χ3v) is 6.91. The second-order valence-electron chi connectivity index (χ2n) is 6.42. The van der Waals surface area contributed by atoms with E-state index in [1.807, 2.05) is 13.1 Å². The van der Waals surface area contributed by atoms with Crippen LogP contribution in [0.1, 0.15) is 44.9 Å². The van der Waals surface area contributed by atoms with Gasteiger partial charge in [-0.05, 0) is 33.1 Å². The highest BCUT2D eigenvalue weighted by Crippen LogP contribution is 2.24. The van der Waals surface area contributed by atoms with Gasteiger partial charge in [-0.15, -0.1) is 0 Å². The molecule has 2 rings (SSSR count). The van der Waals surface area contributed by atoms with E-state index in [1.165, 1.54) is 5.56 Å². The standard InChI is InChI=1S/C15H28N4O2S/c1-5-13-10-19(22(20,21)11(2)3)7-6-15(13)16-8-14-9-17-18-12(14)4/h9,11,13,15-16H,5-8,10H2,1-4H3,(H,17,18)/t13-,15+/m1/s1. The maximum Gasteiger partial charge on any atom is 0.216 e. The predicted molar refractivity (Wildman–Crippen MR) is 88.0 cm³/mol. The number of nitrogens with zero attached hydrogens (tertiary/aromatic N) is 2. The quantitative estimate of drug-likeness (QED) is 0.832. The van der Waals surface area contributed by atoms with Crippen molar-refractivity contribution in [3.8, 4) is 0 Å². The van der Waals surface area contributed by atoms with Crippen LogP contribution in [0.25, 0.3) is 0 Å². The van der Waals surface area contributed by atoms with Crippen molar-refractivity contribution < 1.29 is 8.42 Å². The van der Waals surface area contributed by atoms with E-state index in [1.54, 1.807) is 18.2 Å². The van der Waals surface area contributed by atoms with E-state index in [-0.39, 0.29) is 5.25 Å². The molecule has 1 aliphatic rings. The van der Waals surface area contributed by atoms with Gasteiger partial charge in [0.25, 0.3) is 0 Å². The van der Waals surface area contributed by atoms with E-state index < -0.39 is 10.0 Å². The molecule has 0 aliphatic carbocycles. The van der Waals surface area contributed by atoms with Crippen LogP contribution in [0.3, 0.4) is 0 Å². The Bertz CT molecular complexity index is 582. The van der Waals surface area contributed by atoms with Gasteiger partial charge in [0, 0.05) is 36.9 Å².